The molecule has 1 aliphatic heterocycles. The predicted octanol–water partition coefficient (Wildman–Crippen LogP) is 2.27. The average Bonchev–Trinajstić information content (AvgIpc) is 2.63. The topological polar surface area (TPSA) is 115 Å². The lowest BCUT2D eigenvalue weighted by molar-refractivity contribution is -0.389. The first-order valence-corrected chi connectivity index (χ1v) is 7.99. The number of anilines is 2. The Balaban J connectivity index is 1.92. The van der Waals surface area contributed by atoms with Crippen LogP contribution in [-0.2, 0) is 9.59 Å². The van der Waals surface area contributed by atoms with Crippen molar-refractivity contribution in [2.75, 3.05) is 10.2 Å². The number of halogens is 1. The third kappa shape index (κ3) is 3.54. The van der Waals surface area contributed by atoms with Gasteiger partial charge in [0.25, 0.3) is 11.7 Å². The molecule has 3 rings (SSSR count). The number of ether oxygens (including phenoxy) is 1. The smallest absolute Gasteiger partial charge is 0.366 e. The summed E-state index contributed by atoms with van der Waals surface area (Å²) in [6.07, 6.45) is -0.887. The van der Waals surface area contributed by atoms with Gasteiger partial charge in [-0.3, -0.25) is 14.5 Å². The van der Waals surface area contributed by atoms with E-state index in [1.807, 2.05) is 0 Å². The standard InChI is InChI=1S/C17H15FN4O5/c1-9(16(23)19-12-5-3-11(18)4-6-12)21-15-13(27-10(2)17(21)24)7-8-14(20-15)22(25)26/h3-10H,1-2H3,(H,19,23). The van der Waals surface area contributed by atoms with E-state index in [1.165, 1.54) is 44.2 Å². The van der Waals surface area contributed by atoms with Gasteiger partial charge in [0.1, 0.15) is 11.9 Å². The van der Waals surface area contributed by atoms with Gasteiger partial charge in [-0.25, -0.2) is 4.39 Å². The van der Waals surface area contributed by atoms with Gasteiger partial charge in [0.15, 0.2) is 11.9 Å². The van der Waals surface area contributed by atoms with Crippen molar-refractivity contribution in [1.82, 2.24) is 4.98 Å². The van der Waals surface area contributed by atoms with Crippen molar-refractivity contribution in [3.8, 4) is 5.75 Å². The van der Waals surface area contributed by atoms with Crippen molar-refractivity contribution in [3.63, 3.8) is 0 Å². The van der Waals surface area contributed by atoms with Crippen LogP contribution in [0.4, 0.5) is 21.7 Å². The molecule has 0 bridgehead atoms. The highest BCUT2D eigenvalue weighted by atomic mass is 19.1. The summed E-state index contributed by atoms with van der Waals surface area (Å²) in [5.74, 6) is -2.00. The number of nitrogens with one attached hydrogen (secondary N) is 1. The van der Waals surface area contributed by atoms with Crippen LogP contribution in [0.3, 0.4) is 0 Å². The minimum absolute atomic E-state index is 0.103. The van der Waals surface area contributed by atoms with E-state index >= 15 is 0 Å². The van der Waals surface area contributed by atoms with Gasteiger partial charge in [0, 0.05) is 11.8 Å². The lowest BCUT2D eigenvalue weighted by atomic mass is 10.1. The van der Waals surface area contributed by atoms with Crippen LogP contribution in [-0.4, -0.2) is 33.9 Å². The molecule has 140 valence electrons. The number of benzene rings is 1. The average molecular weight is 374 g/mol. The van der Waals surface area contributed by atoms with Crippen LogP contribution in [0, 0.1) is 15.9 Å². The molecule has 2 amide bonds. The summed E-state index contributed by atoms with van der Waals surface area (Å²) in [4.78, 5) is 40.4. The number of pyridine rings is 1. The maximum atomic E-state index is 13.0. The second-order valence-corrected chi connectivity index (χ2v) is 5.89. The van der Waals surface area contributed by atoms with Crippen molar-refractivity contribution >= 4 is 29.1 Å². The predicted molar refractivity (Wildman–Crippen MR) is 93.0 cm³/mol. The minimum atomic E-state index is -1.04. The number of carbonyl (C=O) groups is 2. The summed E-state index contributed by atoms with van der Waals surface area (Å²) in [7, 11) is 0. The maximum Gasteiger partial charge on any atom is 0.366 e. The first-order chi connectivity index (χ1) is 12.8. The van der Waals surface area contributed by atoms with E-state index in [1.54, 1.807) is 0 Å². The molecule has 0 saturated carbocycles. The molecule has 0 saturated heterocycles. The molecular weight excluding hydrogens is 359 g/mol. The Bertz CT molecular complexity index is 918. The van der Waals surface area contributed by atoms with Crippen LogP contribution in [0.25, 0.3) is 0 Å². The first kappa shape index (κ1) is 18.2. The van der Waals surface area contributed by atoms with E-state index in [0.717, 1.165) is 11.0 Å². The molecule has 1 N–H and O–H groups in total. The Morgan fingerprint density at radius 2 is 2.00 bits per heavy atom. The molecule has 1 aromatic heterocycles. The maximum absolute atomic E-state index is 13.0. The Morgan fingerprint density at radius 1 is 1.33 bits per heavy atom. The molecule has 1 aliphatic rings. The summed E-state index contributed by atoms with van der Waals surface area (Å²) in [6.45, 7) is 2.96. The van der Waals surface area contributed by atoms with E-state index in [9.17, 15) is 24.1 Å². The van der Waals surface area contributed by atoms with Gasteiger partial charge in [0.05, 0.1) is 0 Å². The zero-order valence-corrected chi connectivity index (χ0v) is 14.4. The monoisotopic (exact) mass is 374 g/mol. The van der Waals surface area contributed by atoms with Gasteiger partial charge in [0.2, 0.25) is 5.91 Å². The Labute approximate surface area is 152 Å². The number of rotatable bonds is 4. The van der Waals surface area contributed by atoms with E-state index < -0.39 is 40.5 Å². The number of fused-ring (bicyclic) bond motifs is 1. The molecule has 1 aromatic carbocycles. The number of nitro groups is 1. The lowest BCUT2D eigenvalue weighted by Gasteiger charge is -2.32. The fourth-order valence-corrected chi connectivity index (χ4v) is 2.60. The van der Waals surface area contributed by atoms with Gasteiger partial charge in [-0.2, -0.15) is 0 Å². The largest absolute Gasteiger partial charge is 0.475 e. The minimum Gasteiger partial charge on any atom is -0.475 e. The first-order valence-electron chi connectivity index (χ1n) is 7.99. The van der Waals surface area contributed by atoms with E-state index in [-0.39, 0.29) is 11.6 Å². The summed E-state index contributed by atoms with van der Waals surface area (Å²) in [5, 5.41) is 13.6. The SMILES string of the molecule is CC1Oc2ccc([N+](=O)[O-])nc2N(C(C)C(=O)Nc2ccc(F)cc2)C1=O. The van der Waals surface area contributed by atoms with Crippen LogP contribution in [0.1, 0.15) is 13.8 Å². The van der Waals surface area contributed by atoms with Crippen LogP contribution in [0.15, 0.2) is 36.4 Å². The van der Waals surface area contributed by atoms with E-state index in [2.05, 4.69) is 10.3 Å². The Hall–Kier alpha value is -3.56. The van der Waals surface area contributed by atoms with Crippen LogP contribution in [0.5, 0.6) is 5.75 Å². The van der Waals surface area contributed by atoms with Gasteiger partial charge in [-0.15, -0.1) is 0 Å². The van der Waals surface area contributed by atoms with Crippen molar-refractivity contribution in [2.24, 2.45) is 0 Å². The molecule has 10 heteroatoms. The summed E-state index contributed by atoms with van der Waals surface area (Å²) in [6, 6.07) is 6.57. The third-order valence-corrected chi connectivity index (χ3v) is 4.01. The molecule has 2 unspecified atom stereocenters. The molecule has 0 fully saturated rings. The van der Waals surface area contributed by atoms with Crippen LogP contribution in [0.2, 0.25) is 0 Å². The van der Waals surface area contributed by atoms with Gasteiger partial charge < -0.3 is 20.2 Å². The summed E-state index contributed by atoms with van der Waals surface area (Å²) >= 11 is 0. The third-order valence-electron chi connectivity index (χ3n) is 4.01. The fourth-order valence-electron chi connectivity index (χ4n) is 2.60. The highest BCUT2D eigenvalue weighted by Crippen LogP contribution is 2.35. The van der Waals surface area contributed by atoms with Gasteiger partial charge in [-0.1, -0.05) is 0 Å². The Kier molecular flexibility index (Phi) is 4.72. The van der Waals surface area contributed by atoms with E-state index in [0.29, 0.717) is 5.69 Å². The highest BCUT2D eigenvalue weighted by molar-refractivity contribution is 6.07. The fraction of sp³-hybridized carbons (Fsp3) is 0.235. The molecule has 0 spiro atoms. The summed E-state index contributed by atoms with van der Waals surface area (Å²) < 4.78 is 18.4. The second kappa shape index (κ2) is 6.98. The molecule has 0 aliphatic carbocycles. The molecule has 2 aromatic rings. The number of hydrogen-bond acceptors (Lipinski definition) is 6. The van der Waals surface area contributed by atoms with Crippen molar-refractivity contribution in [3.05, 3.63) is 52.3 Å². The molecule has 2 heterocycles. The van der Waals surface area contributed by atoms with Gasteiger partial charge in [-0.05, 0) is 54.1 Å². The van der Waals surface area contributed by atoms with Crippen LogP contribution >= 0.6 is 0 Å². The number of hydrogen-bond donors (Lipinski definition) is 1. The van der Waals surface area contributed by atoms with E-state index in [4.69, 9.17) is 4.74 Å². The Morgan fingerprint density at radius 3 is 2.63 bits per heavy atom. The molecule has 9 nitrogen and oxygen atoms in total. The van der Waals surface area contributed by atoms with Crippen molar-refractivity contribution < 1.29 is 23.6 Å². The zero-order chi connectivity index (χ0) is 19.7. The van der Waals surface area contributed by atoms with Crippen LogP contribution < -0.4 is 15.0 Å². The van der Waals surface area contributed by atoms with Crippen molar-refractivity contribution in [2.45, 2.75) is 26.0 Å². The normalized spacial score (nSPS) is 16.9. The number of amides is 2. The second-order valence-electron chi connectivity index (χ2n) is 5.89. The number of aromatic nitrogens is 1. The quantitative estimate of drug-likeness (QED) is 0.648. The number of carbonyl (C=O) groups excluding carboxylic acids is 2. The highest BCUT2D eigenvalue weighted by Gasteiger charge is 2.41. The molecule has 2 atom stereocenters. The zero-order valence-electron chi connectivity index (χ0n) is 14.4. The molecule has 0 radical (unpaired) electrons. The molecule has 27 heavy (non-hydrogen) atoms. The summed E-state index contributed by atoms with van der Waals surface area (Å²) in [5.41, 5.74) is 0.342. The van der Waals surface area contributed by atoms with Gasteiger partial charge >= 0.3 is 5.82 Å². The lowest BCUT2D eigenvalue weighted by Crippen LogP contribution is -2.53. The molecular formula is C17H15FN4O5. The number of nitrogens with zero attached hydrogens (tertiary/aromatic N) is 3. The van der Waals surface area contributed by atoms with Crippen molar-refractivity contribution in [1.29, 1.82) is 0 Å².